The molecule has 15 heavy (non-hydrogen) atoms. The summed E-state index contributed by atoms with van der Waals surface area (Å²) >= 11 is 3.63. The molecule has 2 heterocycles. The van der Waals surface area contributed by atoms with Gasteiger partial charge in [0.2, 0.25) is 0 Å². The Hall–Kier alpha value is -1.04. The van der Waals surface area contributed by atoms with Crippen molar-refractivity contribution in [2.75, 3.05) is 0 Å². The van der Waals surface area contributed by atoms with Gasteiger partial charge in [0, 0.05) is 10.7 Å². The van der Waals surface area contributed by atoms with Crippen LogP contribution in [0, 0.1) is 0 Å². The highest BCUT2D eigenvalue weighted by molar-refractivity contribution is 9.09. The third kappa shape index (κ3) is 1.99. The first-order valence-electron chi connectivity index (χ1n) is 4.91. The van der Waals surface area contributed by atoms with Crippen molar-refractivity contribution < 1.29 is 0 Å². The Kier molecular flexibility index (Phi) is 2.95. The van der Waals surface area contributed by atoms with Crippen molar-refractivity contribution in [1.29, 1.82) is 0 Å². The van der Waals surface area contributed by atoms with Crippen LogP contribution in [0.25, 0.3) is 5.65 Å². The summed E-state index contributed by atoms with van der Waals surface area (Å²) in [5.74, 6) is 0.351. The normalized spacial score (nSPS) is 15.4. The van der Waals surface area contributed by atoms with E-state index in [1.807, 2.05) is 12.1 Å². The van der Waals surface area contributed by atoms with Gasteiger partial charge in [-0.25, -0.2) is 0 Å². The van der Waals surface area contributed by atoms with Crippen molar-refractivity contribution in [3.05, 3.63) is 17.8 Å². The molecule has 0 saturated carbocycles. The highest BCUT2D eigenvalue weighted by Gasteiger charge is 2.16. The molecule has 2 aromatic rings. The first-order valence-corrected chi connectivity index (χ1v) is 5.83. The van der Waals surface area contributed by atoms with Gasteiger partial charge in [-0.3, -0.25) is 0 Å². The van der Waals surface area contributed by atoms with E-state index in [9.17, 15) is 0 Å². The van der Waals surface area contributed by atoms with E-state index in [2.05, 4.69) is 50.4 Å². The van der Waals surface area contributed by atoms with Gasteiger partial charge in [0.25, 0.3) is 0 Å². The summed E-state index contributed by atoms with van der Waals surface area (Å²) in [5, 5.41) is 15.5. The Balaban J connectivity index is 2.35. The second kappa shape index (κ2) is 4.22. The first kappa shape index (κ1) is 10.5. The number of hydrogen-bond donors (Lipinski definition) is 0. The fourth-order valence-electron chi connectivity index (χ4n) is 1.45. The van der Waals surface area contributed by atoms with Gasteiger partial charge in [-0.1, -0.05) is 29.8 Å². The molecule has 0 aliphatic heterocycles. The standard InChI is InChI=1S/C9H12BrN5/c1-3-7(10)6(2)8-4-5-9-11-13-14-15(9)12-8/h4-7H,3H2,1-2H3. The number of tetrazole rings is 1. The molecule has 2 unspecified atom stereocenters. The summed E-state index contributed by atoms with van der Waals surface area (Å²) in [4.78, 5) is 0.430. The topological polar surface area (TPSA) is 56.0 Å². The van der Waals surface area contributed by atoms with Gasteiger partial charge < -0.3 is 0 Å². The molecule has 80 valence electrons. The maximum absolute atomic E-state index is 4.35. The zero-order chi connectivity index (χ0) is 10.8. The molecule has 0 saturated heterocycles. The Morgan fingerprint density at radius 1 is 1.47 bits per heavy atom. The Morgan fingerprint density at radius 3 is 3.00 bits per heavy atom. The van der Waals surface area contributed by atoms with Crippen LogP contribution in [0.1, 0.15) is 31.9 Å². The van der Waals surface area contributed by atoms with Crippen LogP contribution >= 0.6 is 15.9 Å². The molecule has 0 aliphatic rings. The van der Waals surface area contributed by atoms with Crippen LogP contribution in [0.15, 0.2) is 12.1 Å². The second-order valence-corrected chi connectivity index (χ2v) is 4.67. The monoisotopic (exact) mass is 269 g/mol. The Labute approximate surface area is 96.0 Å². The summed E-state index contributed by atoms with van der Waals surface area (Å²) in [5.41, 5.74) is 1.67. The maximum Gasteiger partial charge on any atom is 0.199 e. The molecule has 6 heteroatoms. The molecule has 0 bridgehead atoms. The number of nitrogens with zero attached hydrogens (tertiary/aromatic N) is 5. The van der Waals surface area contributed by atoms with Gasteiger partial charge in [0.05, 0.1) is 5.69 Å². The van der Waals surface area contributed by atoms with Crippen LogP contribution in [0.3, 0.4) is 0 Å². The van der Waals surface area contributed by atoms with Crippen molar-refractivity contribution in [3.63, 3.8) is 0 Å². The first-order chi connectivity index (χ1) is 7.22. The Morgan fingerprint density at radius 2 is 2.27 bits per heavy atom. The molecule has 2 aromatic heterocycles. The van der Waals surface area contributed by atoms with Crippen molar-refractivity contribution in [3.8, 4) is 0 Å². The van der Waals surface area contributed by atoms with Crippen LogP contribution in [0.5, 0.6) is 0 Å². The lowest BCUT2D eigenvalue weighted by atomic mass is 10.0. The molecular formula is C9H12BrN5. The van der Waals surface area contributed by atoms with E-state index in [0.29, 0.717) is 16.4 Å². The zero-order valence-electron chi connectivity index (χ0n) is 8.63. The number of rotatable bonds is 3. The van der Waals surface area contributed by atoms with E-state index >= 15 is 0 Å². The van der Waals surface area contributed by atoms with Crippen LogP contribution in [0.2, 0.25) is 0 Å². The van der Waals surface area contributed by atoms with Crippen molar-refractivity contribution in [2.24, 2.45) is 0 Å². The van der Waals surface area contributed by atoms with E-state index in [1.165, 1.54) is 4.63 Å². The number of alkyl halides is 1. The SMILES string of the molecule is CCC(Br)C(C)c1ccc2nnnn2n1. The van der Waals surface area contributed by atoms with Gasteiger partial charge in [0.1, 0.15) is 0 Å². The summed E-state index contributed by atoms with van der Waals surface area (Å²) in [7, 11) is 0. The molecule has 0 aromatic carbocycles. The van der Waals surface area contributed by atoms with Crippen LogP contribution in [-0.2, 0) is 0 Å². The number of halogens is 1. The van der Waals surface area contributed by atoms with Crippen LogP contribution in [0.4, 0.5) is 0 Å². The minimum atomic E-state index is 0.351. The van der Waals surface area contributed by atoms with E-state index in [4.69, 9.17) is 0 Å². The molecule has 0 aliphatic carbocycles. The maximum atomic E-state index is 4.35. The van der Waals surface area contributed by atoms with Crippen molar-refractivity contribution in [1.82, 2.24) is 25.3 Å². The van der Waals surface area contributed by atoms with Gasteiger partial charge in [-0.15, -0.1) is 9.73 Å². The minimum absolute atomic E-state index is 0.351. The minimum Gasteiger partial charge on any atom is -0.152 e. The van der Waals surface area contributed by atoms with E-state index in [1.54, 1.807) is 0 Å². The lowest BCUT2D eigenvalue weighted by Gasteiger charge is -2.15. The van der Waals surface area contributed by atoms with Crippen molar-refractivity contribution in [2.45, 2.75) is 31.0 Å². The number of hydrogen-bond acceptors (Lipinski definition) is 4. The second-order valence-electron chi connectivity index (χ2n) is 3.50. The molecule has 0 amide bonds. The molecule has 0 N–H and O–H groups in total. The third-order valence-electron chi connectivity index (χ3n) is 2.49. The smallest absolute Gasteiger partial charge is 0.152 e. The molecule has 2 atom stereocenters. The number of fused-ring (bicyclic) bond motifs is 1. The van der Waals surface area contributed by atoms with Gasteiger partial charge in [0.15, 0.2) is 5.65 Å². The van der Waals surface area contributed by atoms with Gasteiger partial charge >= 0.3 is 0 Å². The van der Waals surface area contributed by atoms with Crippen LogP contribution in [-0.4, -0.2) is 30.1 Å². The average Bonchev–Trinajstić information content (AvgIpc) is 2.73. The molecule has 0 fully saturated rings. The molecule has 2 rings (SSSR count). The third-order valence-corrected chi connectivity index (χ3v) is 3.93. The highest BCUT2D eigenvalue weighted by Crippen LogP contribution is 2.24. The molecule has 0 spiro atoms. The lowest BCUT2D eigenvalue weighted by Crippen LogP contribution is -2.11. The molecule has 5 nitrogen and oxygen atoms in total. The fourth-order valence-corrected chi connectivity index (χ4v) is 1.72. The fraction of sp³-hybridized carbons (Fsp3) is 0.556. The van der Waals surface area contributed by atoms with E-state index in [0.717, 1.165) is 12.1 Å². The largest absolute Gasteiger partial charge is 0.199 e. The predicted octanol–water partition coefficient (Wildman–Crippen LogP) is 1.80. The summed E-state index contributed by atoms with van der Waals surface area (Å²) < 4.78 is 1.46. The molecule has 0 radical (unpaired) electrons. The van der Waals surface area contributed by atoms with E-state index < -0.39 is 0 Å². The summed E-state index contributed by atoms with van der Waals surface area (Å²) in [6, 6.07) is 3.86. The Bertz CT molecular complexity index is 454. The van der Waals surface area contributed by atoms with Gasteiger partial charge in [-0.2, -0.15) is 5.10 Å². The van der Waals surface area contributed by atoms with E-state index in [-0.39, 0.29) is 0 Å². The number of aromatic nitrogens is 5. The average molecular weight is 270 g/mol. The van der Waals surface area contributed by atoms with Crippen LogP contribution < -0.4 is 0 Å². The van der Waals surface area contributed by atoms with Gasteiger partial charge in [-0.05, 0) is 29.0 Å². The quantitative estimate of drug-likeness (QED) is 0.798. The summed E-state index contributed by atoms with van der Waals surface area (Å²) in [6.45, 7) is 4.28. The predicted molar refractivity (Wildman–Crippen MR) is 60.0 cm³/mol. The molecular weight excluding hydrogens is 258 g/mol. The van der Waals surface area contributed by atoms with Crippen molar-refractivity contribution >= 4 is 21.6 Å². The highest BCUT2D eigenvalue weighted by atomic mass is 79.9. The zero-order valence-corrected chi connectivity index (χ0v) is 10.2. The lowest BCUT2D eigenvalue weighted by molar-refractivity contribution is 0.631. The summed E-state index contributed by atoms with van der Waals surface area (Å²) in [6.07, 6.45) is 1.07.